The Morgan fingerprint density at radius 1 is 1.24 bits per heavy atom. The van der Waals surface area contributed by atoms with E-state index in [1.165, 1.54) is 23.5 Å². The largest absolute Gasteiger partial charge is 0.323 e. The van der Waals surface area contributed by atoms with Gasteiger partial charge in [-0.1, -0.05) is 17.7 Å². The summed E-state index contributed by atoms with van der Waals surface area (Å²) in [5, 5.41) is 0. The predicted octanol–water partition coefficient (Wildman–Crippen LogP) is 3.92. The molecular weight excluding hydrogens is 264 g/mol. The number of hydrogen-bond donors (Lipinski definition) is 1. The molecule has 1 unspecified atom stereocenters. The van der Waals surface area contributed by atoms with Gasteiger partial charge in [-0.3, -0.25) is 0 Å². The van der Waals surface area contributed by atoms with Gasteiger partial charge in [0, 0.05) is 17.0 Å². The van der Waals surface area contributed by atoms with E-state index in [2.05, 4.69) is 0 Å². The molecule has 1 aromatic heterocycles. The van der Waals surface area contributed by atoms with Crippen LogP contribution in [0.3, 0.4) is 0 Å². The number of thiophene rings is 1. The molecule has 17 heavy (non-hydrogen) atoms. The molecule has 0 radical (unpaired) electrons. The minimum Gasteiger partial charge on any atom is -0.323 e. The first-order chi connectivity index (χ1) is 8.06. The fraction of sp³-hybridized carbons (Fsp3) is 0.167. The number of hydrogen-bond acceptors (Lipinski definition) is 2. The molecule has 1 heterocycles. The molecule has 0 fully saturated rings. The fourth-order valence-corrected chi connectivity index (χ4v) is 2.61. The van der Waals surface area contributed by atoms with Crippen molar-refractivity contribution in [1.29, 1.82) is 0 Å². The lowest BCUT2D eigenvalue weighted by atomic mass is 10.0. The molecule has 1 atom stereocenters. The minimum atomic E-state index is -0.584. The summed E-state index contributed by atoms with van der Waals surface area (Å²) < 4.78 is 26.8. The first kappa shape index (κ1) is 12.5. The van der Waals surface area contributed by atoms with Crippen molar-refractivity contribution in [2.24, 2.45) is 5.73 Å². The predicted molar refractivity (Wildman–Crippen MR) is 66.3 cm³/mol. The first-order valence-corrected chi connectivity index (χ1v) is 6.20. The zero-order chi connectivity index (χ0) is 12.4. The highest BCUT2D eigenvalue weighted by molar-refractivity contribution is 7.16. The smallest absolute Gasteiger partial charge is 0.129 e. The van der Waals surface area contributed by atoms with E-state index in [-0.39, 0.29) is 6.04 Å². The van der Waals surface area contributed by atoms with Crippen LogP contribution in [-0.2, 0) is 6.42 Å². The van der Waals surface area contributed by atoms with E-state index in [1.807, 2.05) is 6.07 Å². The Kier molecular flexibility index (Phi) is 3.76. The molecular formula is C12H10ClF2NS. The Bertz CT molecular complexity index is 527. The SMILES string of the molecule is NC(Cc1ccc(F)cc1F)c1ccc(Cl)s1. The normalized spacial score (nSPS) is 12.7. The van der Waals surface area contributed by atoms with Gasteiger partial charge >= 0.3 is 0 Å². The van der Waals surface area contributed by atoms with E-state index >= 15 is 0 Å². The van der Waals surface area contributed by atoms with Gasteiger partial charge in [0.1, 0.15) is 11.6 Å². The molecule has 0 aliphatic carbocycles. The molecule has 0 aliphatic rings. The van der Waals surface area contributed by atoms with Gasteiger partial charge in [0.05, 0.1) is 4.34 Å². The molecule has 1 nitrogen and oxygen atoms in total. The van der Waals surface area contributed by atoms with Crippen molar-refractivity contribution in [2.75, 3.05) is 0 Å². The van der Waals surface area contributed by atoms with Gasteiger partial charge in [-0.15, -0.1) is 11.3 Å². The highest BCUT2D eigenvalue weighted by Gasteiger charge is 2.12. The second-order valence-electron chi connectivity index (χ2n) is 3.69. The van der Waals surface area contributed by atoms with Crippen molar-refractivity contribution in [1.82, 2.24) is 0 Å². The van der Waals surface area contributed by atoms with Crippen LogP contribution in [0.4, 0.5) is 8.78 Å². The van der Waals surface area contributed by atoms with Gasteiger partial charge in [-0.2, -0.15) is 0 Å². The lowest BCUT2D eigenvalue weighted by Crippen LogP contribution is -2.12. The maximum absolute atomic E-state index is 13.4. The molecule has 0 aliphatic heterocycles. The van der Waals surface area contributed by atoms with E-state index in [1.54, 1.807) is 6.07 Å². The molecule has 2 rings (SSSR count). The van der Waals surface area contributed by atoms with Crippen LogP contribution in [-0.4, -0.2) is 0 Å². The van der Waals surface area contributed by atoms with E-state index in [0.29, 0.717) is 16.3 Å². The lowest BCUT2D eigenvalue weighted by molar-refractivity contribution is 0.564. The zero-order valence-corrected chi connectivity index (χ0v) is 10.4. The highest BCUT2D eigenvalue weighted by atomic mass is 35.5. The van der Waals surface area contributed by atoms with Crippen LogP contribution in [0.2, 0.25) is 4.34 Å². The summed E-state index contributed by atoms with van der Waals surface area (Å²) in [7, 11) is 0. The molecule has 0 saturated heterocycles. The average Bonchev–Trinajstić information content (AvgIpc) is 2.69. The Morgan fingerprint density at radius 2 is 2.00 bits per heavy atom. The third-order valence-corrected chi connectivity index (χ3v) is 3.78. The van der Waals surface area contributed by atoms with Crippen LogP contribution in [0, 0.1) is 11.6 Å². The molecule has 2 N–H and O–H groups in total. The first-order valence-electron chi connectivity index (χ1n) is 5.01. The topological polar surface area (TPSA) is 26.0 Å². The second kappa shape index (κ2) is 5.12. The Balaban J connectivity index is 2.15. The molecule has 0 spiro atoms. The third-order valence-electron chi connectivity index (χ3n) is 2.41. The Labute approximate surface area is 107 Å². The number of benzene rings is 1. The average molecular weight is 274 g/mol. The summed E-state index contributed by atoms with van der Waals surface area (Å²) in [6.07, 6.45) is 0.322. The summed E-state index contributed by atoms with van der Waals surface area (Å²) in [5.41, 5.74) is 6.34. The second-order valence-corrected chi connectivity index (χ2v) is 5.43. The standard InChI is InChI=1S/C12H10ClF2NS/c13-12-4-3-11(17-12)10(16)5-7-1-2-8(14)6-9(7)15/h1-4,6,10H,5,16H2. The Morgan fingerprint density at radius 3 is 2.59 bits per heavy atom. The van der Waals surface area contributed by atoms with Crippen molar-refractivity contribution >= 4 is 22.9 Å². The molecule has 5 heteroatoms. The van der Waals surface area contributed by atoms with E-state index in [0.717, 1.165) is 10.9 Å². The van der Waals surface area contributed by atoms with Gasteiger partial charge in [0.2, 0.25) is 0 Å². The number of halogens is 3. The van der Waals surface area contributed by atoms with Crippen LogP contribution in [0.15, 0.2) is 30.3 Å². The van der Waals surface area contributed by atoms with E-state index < -0.39 is 11.6 Å². The van der Waals surface area contributed by atoms with E-state index in [9.17, 15) is 8.78 Å². The monoisotopic (exact) mass is 273 g/mol. The highest BCUT2D eigenvalue weighted by Crippen LogP contribution is 2.28. The molecule has 0 bridgehead atoms. The number of nitrogens with two attached hydrogens (primary N) is 1. The molecule has 0 saturated carbocycles. The van der Waals surface area contributed by atoms with Crippen molar-refractivity contribution in [3.63, 3.8) is 0 Å². The summed E-state index contributed by atoms with van der Waals surface area (Å²) in [6, 6.07) is 6.75. The van der Waals surface area contributed by atoms with Crippen molar-refractivity contribution in [3.8, 4) is 0 Å². The zero-order valence-electron chi connectivity index (χ0n) is 8.79. The third kappa shape index (κ3) is 3.03. The lowest BCUT2D eigenvalue weighted by Gasteiger charge is -2.10. The van der Waals surface area contributed by atoms with Crippen LogP contribution < -0.4 is 5.73 Å². The van der Waals surface area contributed by atoms with Gasteiger partial charge in [0.15, 0.2) is 0 Å². The van der Waals surface area contributed by atoms with Gasteiger partial charge < -0.3 is 5.73 Å². The summed E-state index contributed by atoms with van der Waals surface area (Å²) in [4.78, 5) is 0.888. The summed E-state index contributed by atoms with van der Waals surface area (Å²) >= 11 is 7.17. The van der Waals surface area contributed by atoms with Gasteiger partial charge in [-0.05, 0) is 30.2 Å². The maximum Gasteiger partial charge on any atom is 0.129 e. The maximum atomic E-state index is 13.4. The van der Waals surface area contributed by atoms with Crippen LogP contribution >= 0.6 is 22.9 Å². The fourth-order valence-electron chi connectivity index (χ4n) is 1.55. The molecule has 2 aromatic rings. The quantitative estimate of drug-likeness (QED) is 0.901. The van der Waals surface area contributed by atoms with Crippen molar-refractivity contribution in [3.05, 3.63) is 56.7 Å². The van der Waals surface area contributed by atoms with Gasteiger partial charge in [0.25, 0.3) is 0 Å². The molecule has 90 valence electrons. The van der Waals surface area contributed by atoms with E-state index in [4.69, 9.17) is 17.3 Å². The minimum absolute atomic E-state index is 0.322. The number of rotatable bonds is 3. The molecule has 0 amide bonds. The summed E-state index contributed by atoms with van der Waals surface area (Å²) in [6.45, 7) is 0. The van der Waals surface area contributed by atoms with Gasteiger partial charge in [-0.25, -0.2) is 8.78 Å². The Hall–Kier alpha value is -0.970. The van der Waals surface area contributed by atoms with Crippen molar-refractivity contribution in [2.45, 2.75) is 12.5 Å². The van der Waals surface area contributed by atoms with Crippen LogP contribution in [0.25, 0.3) is 0 Å². The van der Waals surface area contributed by atoms with Crippen molar-refractivity contribution < 1.29 is 8.78 Å². The summed E-state index contributed by atoms with van der Waals surface area (Å²) in [5.74, 6) is -1.15. The van der Waals surface area contributed by atoms with Crippen LogP contribution in [0.1, 0.15) is 16.5 Å². The molecule has 1 aromatic carbocycles. The van der Waals surface area contributed by atoms with Crippen LogP contribution in [0.5, 0.6) is 0 Å².